The van der Waals surface area contributed by atoms with E-state index in [0.29, 0.717) is 25.9 Å². The molecule has 0 spiro atoms. The number of aliphatic hydroxyl groups is 1. The topological polar surface area (TPSA) is 148 Å². The normalized spacial score (nSPS) is 14.8. The van der Waals surface area contributed by atoms with Gasteiger partial charge in [-0.15, -0.1) is 0 Å². The number of aromatic nitrogens is 2. The van der Waals surface area contributed by atoms with E-state index in [1.165, 1.54) is 7.11 Å². The molecule has 33 heavy (non-hydrogen) atoms. The van der Waals surface area contributed by atoms with E-state index >= 15 is 0 Å². The average molecular weight is 486 g/mol. The van der Waals surface area contributed by atoms with E-state index in [1.807, 2.05) is 0 Å². The zero-order valence-electron chi connectivity index (χ0n) is 17.9. The fourth-order valence-corrected chi connectivity index (χ4v) is 5.31. The Bertz CT molecular complexity index is 1130. The Morgan fingerprint density at radius 2 is 2.03 bits per heavy atom. The SMILES string of the molecule is COc1ccc(F)c(F)c1C(=O)c1cnc(N(C2CCNCC2)S(=O)(=O)CCCO)nc1N. The van der Waals surface area contributed by atoms with Gasteiger partial charge in [-0.25, -0.2) is 26.5 Å². The maximum absolute atomic E-state index is 14.4. The Morgan fingerprint density at radius 3 is 2.64 bits per heavy atom. The Labute approximate surface area is 189 Å². The van der Waals surface area contributed by atoms with Crippen molar-refractivity contribution in [3.63, 3.8) is 0 Å². The number of hydrogen-bond donors (Lipinski definition) is 3. The van der Waals surface area contributed by atoms with E-state index in [1.54, 1.807) is 0 Å². The van der Waals surface area contributed by atoms with Crippen molar-refractivity contribution >= 4 is 27.6 Å². The number of sulfonamides is 1. The number of rotatable bonds is 9. The number of carbonyl (C=O) groups is 1. The minimum absolute atomic E-state index is 0.0223. The lowest BCUT2D eigenvalue weighted by atomic mass is 10.0. The minimum Gasteiger partial charge on any atom is -0.496 e. The van der Waals surface area contributed by atoms with Crippen LogP contribution >= 0.6 is 0 Å². The zero-order valence-corrected chi connectivity index (χ0v) is 18.7. The minimum atomic E-state index is -3.91. The van der Waals surface area contributed by atoms with Gasteiger partial charge in [0.25, 0.3) is 0 Å². The summed E-state index contributed by atoms with van der Waals surface area (Å²) in [5.41, 5.74) is 4.94. The number of benzene rings is 1. The van der Waals surface area contributed by atoms with Gasteiger partial charge in [0, 0.05) is 12.8 Å². The first-order chi connectivity index (χ1) is 15.7. The van der Waals surface area contributed by atoms with E-state index in [0.717, 1.165) is 22.6 Å². The number of carbonyl (C=O) groups excluding carboxylic acids is 1. The summed E-state index contributed by atoms with van der Waals surface area (Å²) in [5, 5.41) is 12.2. The van der Waals surface area contributed by atoms with Crippen LogP contribution in [-0.4, -0.2) is 67.9 Å². The van der Waals surface area contributed by atoms with Crippen LogP contribution in [0.15, 0.2) is 18.3 Å². The number of halogens is 2. The van der Waals surface area contributed by atoms with E-state index in [-0.39, 0.29) is 36.0 Å². The predicted octanol–water partition coefficient (Wildman–Crippen LogP) is 0.847. The Balaban J connectivity index is 2.03. The molecule has 1 fully saturated rings. The van der Waals surface area contributed by atoms with Crippen molar-refractivity contribution in [3.8, 4) is 5.75 Å². The summed E-state index contributed by atoms with van der Waals surface area (Å²) in [5.74, 6) is -4.83. The van der Waals surface area contributed by atoms with Gasteiger partial charge in [0.05, 0.1) is 24.5 Å². The third-order valence-electron chi connectivity index (χ3n) is 5.25. The van der Waals surface area contributed by atoms with Crippen molar-refractivity contribution in [2.45, 2.75) is 25.3 Å². The average Bonchev–Trinajstić information content (AvgIpc) is 2.80. The number of nitrogen functional groups attached to an aromatic ring is 1. The van der Waals surface area contributed by atoms with Gasteiger partial charge in [-0.05, 0) is 44.5 Å². The molecule has 180 valence electrons. The number of nitrogens with zero attached hydrogens (tertiary/aromatic N) is 3. The number of hydrogen-bond acceptors (Lipinski definition) is 9. The van der Waals surface area contributed by atoms with Crippen LogP contribution < -0.4 is 20.1 Å². The highest BCUT2D eigenvalue weighted by molar-refractivity contribution is 7.92. The molecule has 0 atom stereocenters. The number of piperidine rings is 1. The molecule has 1 aliphatic rings. The standard InChI is InChI=1S/C20H25F2N5O5S/c1-32-15-4-3-14(21)17(22)16(15)18(29)13-11-25-20(26-19(13)23)27(12-5-7-24-8-6-12)33(30,31)10-2-9-28/h3-4,11-12,24,28H,2,5-10H2,1H3,(H2,23,25,26). The van der Waals surface area contributed by atoms with Crippen molar-refractivity contribution in [2.75, 3.05) is 42.6 Å². The lowest BCUT2D eigenvalue weighted by Gasteiger charge is -2.33. The first kappa shape index (κ1) is 24.7. The van der Waals surface area contributed by atoms with Crippen LogP contribution in [0.4, 0.5) is 20.5 Å². The Hall–Kier alpha value is -2.90. The van der Waals surface area contributed by atoms with Gasteiger partial charge in [0.1, 0.15) is 17.1 Å². The predicted molar refractivity (Wildman–Crippen MR) is 117 cm³/mol. The van der Waals surface area contributed by atoms with Crippen molar-refractivity contribution in [1.29, 1.82) is 0 Å². The summed E-state index contributed by atoms with van der Waals surface area (Å²) in [7, 11) is -2.72. The highest BCUT2D eigenvalue weighted by Crippen LogP contribution is 2.29. The lowest BCUT2D eigenvalue weighted by Crippen LogP contribution is -2.48. The highest BCUT2D eigenvalue weighted by atomic mass is 32.2. The number of methoxy groups -OCH3 is 1. The second kappa shape index (κ2) is 10.4. The summed E-state index contributed by atoms with van der Waals surface area (Å²) in [4.78, 5) is 21.0. The van der Waals surface area contributed by atoms with Crippen molar-refractivity contribution in [1.82, 2.24) is 15.3 Å². The second-order valence-electron chi connectivity index (χ2n) is 7.41. The number of ether oxygens (including phenoxy) is 1. The van der Waals surface area contributed by atoms with E-state index < -0.39 is 44.9 Å². The fourth-order valence-electron chi connectivity index (χ4n) is 3.62. The highest BCUT2D eigenvalue weighted by Gasteiger charge is 2.34. The largest absolute Gasteiger partial charge is 0.496 e. The number of anilines is 2. The summed E-state index contributed by atoms with van der Waals surface area (Å²) in [6.07, 6.45) is 2.00. The molecule has 0 amide bonds. The third-order valence-corrected chi connectivity index (χ3v) is 7.12. The van der Waals surface area contributed by atoms with E-state index in [4.69, 9.17) is 15.6 Å². The molecule has 1 aromatic carbocycles. The second-order valence-corrected chi connectivity index (χ2v) is 9.37. The van der Waals surface area contributed by atoms with Crippen molar-refractivity contribution in [2.24, 2.45) is 0 Å². The maximum Gasteiger partial charge on any atom is 0.241 e. The molecule has 0 bridgehead atoms. The molecule has 2 aromatic rings. The van der Waals surface area contributed by atoms with Gasteiger partial charge in [-0.3, -0.25) is 4.79 Å². The summed E-state index contributed by atoms with van der Waals surface area (Å²) < 4.78 is 60.2. The van der Waals surface area contributed by atoms with Crippen LogP contribution in [-0.2, 0) is 10.0 Å². The van der Waals surface area contributed by atoms with Crippen LogP contribution in [0.1, 0.15) is 35.2 Å². The van der Waals surface area contributed by atoms with Gasteiger partial charge in [-0.1, -0.05) is 0 Å². The number of nitrogens with two attached hydrogens (primary N) is 1. The van der Waals surface area contributed by atoms with Gasteiger partial charge in [0.2, 0.25) is 21.8 Å². The van der Waals surface area contributed by atoms with Gasteiger partial charge in [0.15, 0.2) is 11.6 Å². The number of ketones is 1. The van der Waals surface area contributed by atoms with E-state index in [9.17, 15) is 22.0 Å². The molecule has 0 unspecified atom stereocenters. The first-order valence-corrected chi connectivity index (χ1v) is 11.8. The van der Waals surface area contributed by atoms with Crippen LogP contribution in [0, 0.1) is 11.6 Å². The zero-order chi connectivity index (χ0) is 24.2. The third kappa shape index (κ3) is 5.20. The Morgan fingerprint density at radius 1 is 1.33 bits per heavy atom. The van der Waals surface area contributed by atoms with Crippen molar-refractivity contribution in [3.05, 3.63) is 41.1 Å². The molecule has 2 heterocycles. The van der Waals surface area contributed by atoms with Crippen LogP contribution in [0.3, 0.4) is 0 Å². The molecular formula is C20H25F2N5O5S. The molecular weight excluding hydrogens is 460 g/mol. The molecule has 0 aliphatic carbocycles. The quantitative estimate of drug-likeness (QED) is 0.440. The van der Waals surface area contributed by atoms with Gasteiger partial charge < -0.3 is 20.9 Å². The van der Waals surface area contributed by atoms with Crippen LogP contribution in [0.2, 0.25) is 0 Å². The van der Waals surface area contributed by atoms with Crippen LogP contribution in [0.5, 0.6) is 5.75 Å². The maximum atomic E-state index is 14.4. The molecule has 13 heteroatoms. The fraction of sp³-hybridized carbons (Fsp3) is 0.450. The summed E-state index contributed by atoms with van der Waals surface area (Å²) >= 11 is 0. The first-order valence-electron chi connectivity index (χ1n) is 10.2. The molecule has 0 radical (unpaired) electrons. The van der Waals surface area contributed by atoms with Gasteiger partial charge in [-0.2, -0.15) is 4.98 Å². The van der Waals surface area contributed by atoms with Crippen molar-refractivity contribution < 1.29 is 31.8 Å². The van der Waals surface area contributed by atoms with Gasteiger partial charge >= 0.3 is 0 Å². The lowest BCUT2D eigenvalue weighted by molar-refractivity contribution is 0.103. The Kier molecular flexibility index (Phi) is 7.76. The molecule has 1 aromatic heterocycles. The molecule has 4 N–H and O–H groups in total. The number of aliphatic hydroxyl groups excluding tert-OH is 1. The van der Waals surface area contributed by atoms with E-state index in [2.05, 4.69) is 15.3 Å². The molecule has 1 saturated heterocycles. The number of nitrogens with one attached hydrogen (secondary N) is 1. The molecule has 3 rings (SSSR count). The monoisotopic (exact) mass is 485 g/mol. The smallest absolute Gasteiger partial charge is 0.241 e. The molecule has 1 aliphatic heterocycles. The molecule has 0 saturated carbocycles. The summed E-state index contributed by atoms with van der Waals surface area (Å²) in [6, 6.07) is 1.47. The van der Waals surface area contributed by atoms with Crippen LogP contribution in [0.25, 0.3) is 0 Å². The molecule has 10 nitrogen and oxygen atoms in total. The summed E-state index contributed by atoms with van der Waals surface area (Å²) in [6.45, 7) is 0.861.